The van der Waals surface area contributed by atoms with Crippen LogP contribution in [0.1, 0.15) is 33.1 Å². The molecule has 0 amide bonds. The summed E-state index contributed by atoms with van der Waals surface area (Å²) in [5.74, 6) is 0.443. The molecule has 100 valence electrons. The van der Waals surface area contributed by atoms with Gasteiger partial charge in [0.2, 0.25) is 0 Å². The standard InChI is InChI=1S/C13H25NO3/c1-10(2)12(9-17-3)14-7-6-11(8-14)4-5-13(15)16/h10-12H,4-9H2,1-3H3,(H,15,16). The highest BCUT2D eigenvalue weighted by Gasteiger charge is 2.29. The molecule has 1 N–H and O–H groups in total. The Bertz CT molecular complexity index is 243. The van der Waals surface area contributed by atoms with Crippen molar-refractivity contribution in [3.8, 4) is 0 Å². The van der Waals surface area contributed by atoms with E-state index in [1.807, 2.05) is 0 Å². The number of carbonyl (C=O) groups is 1. The van der Waals surface area contributed by atoms with Crippen LogP contribution in [0.5, 0.6) is 0 Å². The molecule has 1 aliphatic rings. The van der Waals surface area contributed by atoms with E-state index >= 15 is 0 Å². The lowest BCUT2D eigenvalue weighted by molar-refractivity contribution is -0.137. The van der Waals surface area contributed by atoms with E-state index in [0.29, 0.717) is 24.3 Å². The summed E-state index contributed by atoms with van der Waals surface area (Å²) in [6.07, 6.45) is 2.24. The molecular weight excluding hydrogens is 218 g/mol. The summed E-state index contributed by atoms with van der Waals surface area (Å²) in [5.41, 5.74) is 0. The lowest BCUT2D eigenvalue weighted by Gasteiger charge is -2.30. The van der Waals surface area contributed by atoms with Gasteiger partial charge in [0.25, 0.3) is 0 Å². The van der Waals surface area contributed by atoms with Crippen LogP contribution in [0.3, 0.4) is 0 Å². The minimum atomic E-state index is -0.680. The number of hydrogen-bond acceptors (Lipinski definition) is 3. The third-order valence-electron chi connectivity index (χ3n) is 3.66. The van der Waals surface area contributed by atoms with E-state index in [1.165, 1.54) is 0 Å². The normalized spacial score (nSPS) is 23.2. The Morgan fingerprint density at radius 1 is 1.53 bits per heavy atom. The zero-order valence-corrected chi connectivity index (χ0v) is 11.2. The largest absolute Gasteiger partial charge is 0.481 e. The Kier molecular flexibility index (Phi) is 5.92. The Morgan fingerprint density at radius 2 is 2.24 bits per heavy atom. The van der Waals surface area contributed by atoms with Crippen molar-refractivity contribution in [2.24, 2.45) is 11.8 Å². The SMILES string of the molecule is COCC(C(C)C)N1CCC(CCC(=O)O)C1. The second-order valence-electron chi connectivity index (χ2n) is 5.35. The second-order valence-corrected chi connectivity index (χ2v) is 5.35. The molecular formula is C13H25NO3. The molecule has 0 aliphatic carbocycles. The highest BCUT2D eigenvalue weighted by Crippen LogP contribution is 2.25. The molecule has 2 unspecified atom stereocenters. The molecule has 4 heteroatoms. The summed E-state index contributed by atoms with van der Waals surface area (Å²) in [6, 6.07) is 0.467. The van der Waals surface area contributed by atoms with Crippen LogP contribution >= 0.6 is 0 Å². The number of hydrogen-bond donors (Lipinski definition) is 1. The van der Waals surface area contributed by atoms with Crippen LogP contribution in [0.2, 0.25) is 0 Å². The summed E-state index contributed by atoms with van der Waals surface area (Å²) in [4.78, 5) is 13.0. The number of likely N-dealkylation sites (tertiary alicyclic amines) is 1. The van der Waals surface area contributed by atoms with E-state index in [2.05, 4.69) is 18.7 Å². The number of rotatable bonds is 7. The topological polar surface area (TPSA) is 49.8 Å². The molecule has 4 nitrogen and oxygen atoms in total. The lowest BCUT2D eigenvalue weighted by atomic mass is 10.0. The first-order chi connectivity index (χ1) is 8.04. The number of nitrogens with zero attached hydrogens (tertiary/aromatic N) is 1. The van der Waals surface area contributed by atoms with Crippen molar-refractivity contribution in [3.05, 3.63) is 0 Å². The molecule has 0 bridgehead atoms. The fourth-order valence-corrected chi connectivity index (χ4v) is 2.62. The highest BCUT2D eigenvalue weighted by molar-refractivity contribution is 5.66. The number of carboxylic acids is 1. The van der Waals surface area contributed by atoms with Crippen LogP contribution in [0.15, 0.2) is 0 Å². The molecule has 0 saturated carbocycles. The first-order valence-electron chi connectivity index (χ1n) is 6.49. The van der Waals surface area contributed by atoms with Crippen LogP contribution in [-0.4, -0.2) is 48.8 Å². The van der Waals surface area contributed by atoms with Crippen LogP contribution < -0.4 is 0 Å². The summed E-state index contributed by atoms with van der Waals surface area (Å²) < 4.78 is 5.28. The molecule has 0 spiro atoms. The van der Waals surface area contributed by atoms with Gasteiger partial charge < -0.3 is 9.84 Å². The molecule has 0 radical (unpaired) electrons. The maximum Gasteiger partial charge on any atom is 0.303 e. The van der Waals surface area contributed by atoms with Gasteiger partial charge in [-0.05, 0) is 31.2 Å². The van der Waals surface area contributed by atoms with Crippen molar-refractivity contribution in [2.75, 3.05) is 26.8 Å². The van der Waals surface area contributed by atoms with E-state index in [0.717, 1.165) is 32.5 Å². The van der Waals surface area contributed by atoms with Crippen molar-refractivity contribution in [3.63, 3.8) is 0 Å². The van der Waals surface area contributed by atoms with Crippen molar-refractivity contribution >= 4 is 5.97 Å². The Morgan fingerprint density at radius 3 is 2.76 bits per heavy atom. The minimum Gasteiger partial charge on any atom is -0.481 e. The molecule has 1 saturated heterocycles. The zero-order chi connectivity index (χ0) is 12.8. The van der Waals surface area contributed by atoms with Crippen LogP contribution in [0.25, 0.3) is 0 Å². The predicted molar refractivity (Wildman–Crippen MR) is 67.1 cm³/mol. The van der Waals surface area contributed by atoms with Gasteiger partial charge in [0, 0.05) is 26.1 Å². The summed E-state index contributed by atoms with van der Waals surface area (Å²) in [7, 11) is 1.74. The van der Waals surface area contributed by atoms with Gasteiger partial charge in [-0.3, -0.25) is 9.69 Å². The summed E-state index contributed by atoms with van der Waals surface area (Å²) in [5, 5.41) is 8.69. The first kappa shape index (κ1) is 14.5. The summed E-state index contributed by atoms with van der Waals surface area (Å²) >= 11 is 0. The molecule has 1 rings (SSSR count). The minimum absolute atomic E-state index is 0.301. The fraction of sp³-hybridized carbons (Fsp3) is 0.923. The van der Waals surface area contributed by atoms with Crippen molar-refractivity contribution in [1.82, 2.24) is 4.90 Å². The fourth-order valence-electron chi connectivity index (χ4n) is 2.62. The third kappa shape index (κ3) is 4.64. The third-order valence-corrected chi connectivity index (χ3v) is 3.66. The van der Waals surface area contributed by atoms with Gasteiger partial charge >= 0.3 is 5.97 Å². The number of ether oxygens (including phenoxy) is 1. The Hall–Kier alpha value is -0.610. The van der Waals surface area contributed by atoms with Gasteiger partial charge in [0.1, 0.15) is 0 Å². The molecule has 2 atom stereocenters. The Balaban J connectivity index is 2.39. The Labute approximate surface area is 104 Å². The number of aliphatic carboxylic acids is 1. The molecule has 0 aromatic rings. The maximum absolute atomic E-state index is 10.5. The average molecular weight is 243 g/mol. The lowest BCUT2D eigenvalue weighted by Crippen LogP contribution is -2.40. The molecule has 17 heavy (non-hydrogen) atoms. The van der Waals surface area contributed by atoms with Gasteiger partial charge in [-0.2, -0.15) is 0 Å². The second kappa shape index (κ2) is 6.97. The van der Waals surface area contributed by atoms with Gasteiger partial charge in [-0.25, -0.2) is 0 Å². The van der Waals surface area contributed by atoms with Gasteiger partial charge in [-0.15, -0.1) is 0 Å². The predicted octanol–water partition coefficient (Wildman–Crippen LogP) is 1.84. The van der Waals surface area contributed by atoms with Crippen LogP contribution in [0, 0.1) is 11.8 Å². The molecule has 1 heterocycles. The van der Waals surface area contributed by atoms with E-state index in [4.69, 9.17) is 9.84 Å². The van der Waals surface area contributed by atoms with E-state index in [-0.39, 0.29) is 0 Å². The van der Waals surface area contributed by atoms with E-state index in [9.17, 15) is 4.79 Å². The highest BCUT2D eigenvalue weighted by atomic mass is 16.5. The van der Waals surface area contributed by atoms with Gasteiger partial charge in [0.05, 0.1) is 6.61 Å². The van der Waals surface area contributed by atoms with Crippen molar-refractivity contribution in [2.45, 2.75) is 39.2 Å². The summed E-state index contributed by atoms with van der Waals surface area (Å²) in [6.45, 7) is 7.31. The smallest absolute Gasteiger partial charge is 0.303 e. The van der Waals surface area contributed by atoms with Gasteiger partial charge in [0.15, 0.2) is 0 Å². The molecule has 0 aromatic heterocycles. The van der Waals surface area contributed by atoms with Gasteiger partial charge in [-0.1, -0.05) is 13.8 Å². The van der Waals surface area contributed by atoms with Crippen molar-refractivity contribution < 1.29 is 14.6 Å². The van der Waals surface area contributed by atoms with Crippen molar-refractivity contribution in [1.29, 1.82) is 0 Å². The molecule has 1 aliphatic heterocycles. The quantitative estimate of drug-likeness (QED) is 0.741. The molecule has 0 aromatic carbocycles. The van der Waals surface area contributed by atoms with Crippen LogP contribution in [-0.2, 0) is 9.53 Å². The number of methoxy groups -OCH3 is 1. The maximum atomic E-state index is 10.5. The number of carboxylic acid groups (broad SMARTS) is 1. The van der Waals surface area contributed by atoms with E-state index < -0.39 is 5.97 Å². The zero-order valence-electron chi connectivity index (χ0n) is 11.2. The first-order valence-corrected chi connectivity index (χ1v) is 6.49. The van der Waals surface area contributed by atoms with E-state index in [1.54, 1.807) is 7.11 Å². The molecule has 1 fully saturated rings. The monoisotopic (exact) mass is 243 g/mol. The average Bonchev–Trinajstić information content (AvgIpc) is 2.71. The van der Waals surface area contributed by atoms with Crippen LogP contribution in [0.4, 0.5) is 0 Å².